The van der Waals surface area contributed by atoms with Crippen LogP contribution >= 0.6 is 38.9 Å². The van der Waals surface area contributed by atoms with Crippen LogP contribution in [0.5, 0.6) is 5.06 Å². The van der Waals surface area contributed by atoms with Crippen LogP contribution in [-0.2, 0) is 0 Å². The quantitative estimate of drug-likeness (QED) is 0.467. The average Bonchev–Trinajstić information content (AvgIpc) is 3.04. The number of halogens is 2. The molecular formula is C19H13BrClNO4S. The van der Waals surface area contributed by atoms with Gasteiger partial charge in [-0.2, -0.15) is 0 Å². The zero-order valence-corrected chi connectivity index (χ0v) is 17.1. The van der Waals surface area contributed by atoms with Gasteiger partial charge in [0.15, 0.2) is 0 Å². The molecule has 0 fully saturated rings. The van der Waals surface area contributed by atoms with Crippen LogP contribution in [0.1, 0.15) is 10.4 Å². The number of ether oxygens (including phenoxy) is 1. The highest BCUT2D eigenvalue weighted by Gasteiger charge is 2.24. The molecule has 3 aromatic rings. The first-order valence-electron chi connectivity index (χ1n) is 7.70. The highest BCUT2D eigenvalue weighted by atomic mass is 79.9. The van der Waals surface area contributed by atoms with Crippen molar-refractivity contribution < 1.29 is 19.4 Å². The van der Waals surface area contributed by atoms with E-state index in [1.54, 1.807) is 31.3 Å². The second-order valence-corrected chi connectivity index (χ2v) is 7.81. The third kappa shape index (κ3) is 4.32. The molecule has 0 bridgehead atoms. The lowest BCUT2D eigenvalue weighted by Crippen LogP contribution is -2.26. The molecule has 5 nitrogen and oxygen atoms in total. The number of nitrogens with zero attached hydrogens (tertiary/aromatic N) is 1. The maximum atomic E-state index is 12.9. The lowest BCUT2D eigenvalue weighted by molar-refractivity contribution is 0.0990. The van der Waals surface area contributed by atoms with E-state index in [0.717, 1.165) is 21.8 Å². The highest BCUT2D eigenvalue weighted by Crippen LogP contribution is 2.43. The van der Waals surface area contributed by atoms with E-state index >= 15 is 0 Å². The summed E-state index contributed by atoms with van der Waals surface area (Å²) in [6.07, 6.45) is -1.44. The lowest BCUT2D eigenvalue weighted by atomic mass is 10.1. The number of carbonyl (C=O) groups is 2. The Hall–Kier alpha value is -2.35. The first-order valence-corrected chi connectivity index (χ1v) is 9.68. The molecule has 0 unspecified atom stereocenters. The summed E-state index contributed by atoms with van der Waals surface area (Å²) in [7, 11) is 1.56. The number of carboxylic acid groups (broad SMARTS) is 1. The van der Waals surface area contributed by atoms with Crippen LogP contribution < -0.4 is 9.64 Å². The van der Waals surface area contributed by atoms with Gasteiger partial charge in [-0.15, -0.1) is 0 Å². The van der Waals surface area contributed by atoms with E-state index < -0.39 is 6.16 Å². The normalized spacial score (nSPS) is 10.5. The minimum atomic E-state index is -1.44. The Kier molecular flexibility index (Phi) is 5.84. The van der Waals surface area contributed by atoms with Crippen LogP contribution in [0.4, 0.5) is 10.5 Å². The summed E-state index contributed by atoms with van der Waals surface area (Å²) in [5, 5.41) is 9.67. The van der Waals surface area contributed by atoms with Crippen molar-refractivity contribution in [1.29, 1.82) is 0 Å². The summed E-state index contributed by atoms with van der Waals surface area (Å²) in [4.78, 5) is 26.1. The molecule has 0 radical (unpaired) electrons. The van der Waals surface area contributed by atoms with Crippen LogP contribution in [0, 0.1) is 0 Å². The molecule has 1 aromatic heterocycles. The SMILES string of the molecule is CN(C(=O)c1ccc(Cl)cc1Br)c1cc(-c2ccccc2)sc1OC(=O)O. The Labute approximate surface area is 172 Å². The molecule has 1 N–H and O–H groups in total. The van der Waals surface area contributed by atoms with Crippen LogP contribution in [0.25, 0.3) is 10.4 Å². The Morgan fingerprint density at radius 3 is 2.48 bits per heavy atom. The van der Waals surface area contributed by atoms with Gasteiger partial charge in [0, 0.05) is 21.4 Å². The second kappa shape index (κ2) is 8.12. The molecule has 1 heterocycles. The number of carbonyl (C=O) groups excluding carboxylic acids is 1. The van der Waals surface area contributed by atoms with E-state index in [4.69, 9.17) is 21.4 Å². The van der Waals surface area contributed by atoms with Gasteiger partial charge in [0.05, 0.1) is 11.3 Å². The fraction of sp³-hybridized carbons (Fsp3) is 0.0526. The molecule has 0 spiro atoms. The smallest absolute Gasteiger partial charge is 0.449 e. The van der Waals surface area contributed by atoms with Gasteiger partial charge >= 0.3 is 6.16 Å². The van der Waals surface area contributed by atoms with Crippen LogP contribution in [0.15, 0.2) is 59.1 Å². The topological polar surface area (TPSA) is 66.8 Å². The molecule has 0 aliphatic rings. The van der Waals surface area contributed by atoms with Crippen LogP contribution in [0.3, 0.4) is 0 Å². The van der Waals surface area contributed by atoms with Crippen molar-refractivity contribution in [3.8, 4) is 15.5 Å². The minimum Gasteiger partial charge on any atom is -0.449 e. The summed E-state index contributed by atoms with van der Waals surface area (Å²) >= 11 is 10.4. The van der Waals surface area contributed by atoms with E-state index in [2.05, 4.69) is 15.9 Å². The van der Waals surface area contributed by atoms with Crippen molar-refractivity contribution >= 4 is 56.6 Å². The number of anilines is 1. The van der Waals surface area contributed by atoms with Gasteiger partial charge in [-0.1, -0.05) is 53.3 Å². The van der Waals surface area contributed by atoms with Crippen LogP contribution in [-0.4, -0.2) is 24.2 Å². The Morgan fingerprint density at radius 1 is 1.15 bits per heavy atom. The molecule has 0 aliphatic heterocycles. The highest BCUT2D eigenvalue weighted by molar-refractivity contribution is 9.10. The van der Waals surface area contributed by atoms with Crippen molar-refractivity contribution in [2.75, 3.05) is 11.9 Å². The van der Waals surface area contributed by atoms with E-state index in [1.807, 2.05) is 30.3 Å². The first kappa shape index (κ1) is 19.4. The van der Waals surface area contributed by atoms with Gasteiger partial charge in [-0.05, 0) is 45.8 Å². The summed E-state index contributed by atoms with van der Waals surface area (Å²) in [5.74, 6) is -0.328. The fourth-order valence-electron chi connectivity index (χ4n) is 2.45. The van der Waals surface area contributed by atoms with Crippen molar-refractivity contribution in [2.45, 2.75) is 0 Å². The molecular weight excluding hydrogens is 454 g/mol. The summed E-state index contributed by atoms with van der Waals surface area (Å²) in [6, 6.07) is 16.0. The average molecular weight is 467 g/mol. The number of thiophene rings is 1. The summed E-state index contributed by atoms with van der Waals surface area (Å²) in [5.41, 5.74) is 1.67. The van der Waals surface area contributed by atoms with Crippen LogP contribution in [0.2, 0.25) is 5.02 Å². The summed E-state index contributed by atoms with van der Waals surface area (Å²) < 4.78 is 5.46. The Balaban J connectivity index is 2.01. The van der Waals surface area contributed by atoms with Crippen molar-refractivity contribution in [1.82, 2.24) is 0 Å². The van der Waals surface area contributed by atoms with Gasteiger partial charge < -0.3 is 14.7 Å². The predicted molar refractivity (Wildman–Crippen MR) is 110 cm³/mol. The lowest BCUT2D eigenvalue weighted by Gasteiger charge is -2.18. The Bertz CT molecular complexity index is 1010. The van der Waals surface area contributed by atoms with Crippen molar-refractivity contribution in [3.05, 3.63) is 69.7 Å². The zero-order valence-electron chi connectivity index (χ0n) is 14.0. The molecule has 0 aliphatic carbocycles. The van der Waals surface area contributed by atoms with Gasteiger partial charge in [-0.3, -0.25) is 4.79 Å². The molecule has 8 heteroatoms. The second-order valence-electron chi connectivity index (χ2n) is 5.51. The molecule has 1 amide bonds. The van der Waals surface area contributed by atoms with E-state index in [-0.39, 0.29) is 11.0 Å². The minimum absolute atomic E-state index is 0.127. The summed E-state index contributed by atoms with van der Waals surface area (Å²) in [6.45, 7) is 0. The third-order valence-corrected chi connectivity index (χ3v) is 5.69. The number of benzene rings is 2. The van der Waals surface area contributed by atoms with Crippen molar-refractivity contribution in [2.24, 2.45) is 0 Å². The van der Waals surface area contributed by atoms with E-state index in [9.17, 15) is 9.59 Å². The standard InChI is InChI=1S/C19H13BrClNO4S/c1-22(17(23)13-8-7-12(21)9-14(13)20)15-10-16(11-5-3-2-4-6-11)27-18(15)26-19(24)25/h2-10H,1H3,(H,24,25). The molecule has 3 rings (SSSR count). The number of hydrogen-bond acceptors (Lipinski definition) is 4. The molecule has 138 valence electrons. The fourth-order valence-corrected chi connectivity index (χ4v) is 4.34. The largest absolute Gasteiger partial charge is 0.512 e. The Morgan fingerprint density at radius 2 is 1.85 bits per heavy atom. The number of rotatable bonds is 4. The monoisotopic (exact) mass is 465 g/mol. The van der Waals surface area contributed by atoms with Gasteiger partial charge in [0.25, 0.3) is 5.91 Å². The van der Waals surface area contributed by atoms with E-state index in [1.165, 1.54) is 4.90 Å². The third-order valence-electron chi connectivity index (χ3n) is 3.75. The van der Waals surface area contributed by atoms with Crippen molar-refractivity contribution in [3.63, 3.8) is 0 Å². The van der Waals surface area contributed by atoms with Gasteiger partial charge in [-0.25, -0.2) is 4.79 Å². The maximum Gasteiger partial charge on any atom is 0.512 e. The molecule has 0 saturated carbocycles. The molecule has 27 heavy (non-hydrogen) atoms. The number of hydrogen-bond donors (Lipinski definition) is 1. The maximum absolute atomic E-state index is 12.9. The van der Waals surface area contributed by atoms with E-state index in [0.29, 0.717) is 20.7 Å². The predicted octanol–water partition coefficient (Wildman–Crippen LogP) is 6.16. The molecule has 2 aromatic carbocycles. The first-order chi connectivity index (χ1) is 12.9. The molecule has 0 saturated heterocycles. The molecule has 0 atom stereocenters. The number of amides is 1. The van der Waals surface area contributed by atoms with Gasteiger partial charge in [0.1, 0.15) is 0 Å². The van der Waals surface area contributed by atoms with Gasteiger partial charge in [0.2, 0.25) is 5.06 Å². The zero-order chi connectivity index (χ0) is 19.6.